The van der Waals surface area contributed by atoms with Gasteiger partial charge in [-0.25, -0.2) is 0 Å². The first-order chi connectivity index (χ1) is 5.61. The first-order valence-corrected chi connectivity index (χ1v) is 4.78. The standard InChI is InChI=1S/C10H20N2/c1-8(2)10-5-4-6-12(10)7-9(3)11/h8,10H,3-7,11H2,1-2H3. The van der Waals surface area contributed by atoms with Crippen LogP contribution in [-0.2, 0) is 0 Å². The molecule has 12 heavy (non-hydrogen) atoms. The molecule has 1 unspecified atom stereocenters. The largest absolute Gasteiger partial charge is 0.401 e. The SMILES string of the molecule is C=C(N)CN1CCCC1C(C)C. The molecule has 1 fully saturated rings. The lowest BCUT2D eigenvalue weighted by atomic mass is 10.0. The lowest BCUT2D eigenvalue weighted by Crippen LogP contribution is -2.35. The van der Waals surface area contributed by atoms with Gasteiger partial charge in [0.05, 0.1) is 0 Å². The van der Waals surface area contributed by atoms with E-state index in [1.807, 2.05) is 0 Å². The van der Waals surface area contributed by atoms with Crippen LogP contribution in [0.15, 0.2) is 12.3 Å². The fourth-order valence-corrected chi connectivity index (χ4v) is 2.06. The zero-order valence-corrected chi connectivity index (χ0v) is 8.21. The minimum absolute atomic E-state index is 0.727. The first kappa shape index (κ1) is 9.59. The maximum atomic E-state index is 5.60. The summed E-state index contributed by atoms with van der Waals surface area (Å²) in [4.78, 5) is 2.45. The molecule has 2 heteroatoms. The molecular formula is C10H20N2. The Bertz CT molecular complexity index is 163. The van der Waals surface area contributed by atoms with Crippen LogP contribution < -0.4 is 5.73 Å². The van der Waals surface area contributed by atoms with E-state index in [0.29, 0.717) is 0 Å². The molecule has 0 saturated carbocycles. The molecule has 0 aliphatic carbocycles. The zero-order valence-electron chi connectivity index (χ0n) is 8.21. The van der Waals surface area contributed by atoms with E-state index in [0.717, 1.165) is 24.2 Å². The minimum Gasteiger partial charge on any atom is -0.401 e. The van der Waals surface area contributed by atoms with E-state index >= 15 is 0 Å². The van der Waals surface area contributed by atoms with E-state index in [1.54, 1.807) is 0 Å². The van der Waals surface area contributed by atoms with Crippen molar-refractivity contribution in [2.75, 3.05) is 13.1 Å². The van der Waals surface area contributed by atoms with Gasteiger partial charge in [-0.05, 0) is 25.3 Å². The molecule has 0 aromatic carbocycles. The third-order valence-electron chi connectivity index (χ3n) is 2.59. The molecule has 2 N–H and O–H groups in total. The highest BCUT2D eigenvalue weighted by Gasteiger charge is 2.26. The van der Waals surface area contributed by atoms with Gasteiger partial charge in [-0.1, -0.05) is 20.4 Å². The van der Waals surface area contributed by atoms with Gasteiger partial charge >= 0.3 is 0 Å². The van der Waals surface area contributed by atoms with Crippen LogP contribution in [0, 0.1) is 5.92 Å². The Morgan fingerprint density at radius 1 is 1.67 bits per heavy atom. The van der Waals surface area contributed by atoms with Crippen molar-refractivity contribution in [3.05, 3.63) is 12.3 Å². The van der Waals surface area contributed by atoms with E-state index in [9.17, 15) is 0 Å². The van der Waals surface area contributed by atoms with Gasteiger partial charge in [-0.15, -0.1) is 0 Å². The quantitative estimate of drug-likeness (QED) is 0.693. The molecular weight excluding hydrogens is 148 g/mol. The minimum atomic E-state index is 0.727. The van der Waals surface area contributed by atoms with E-state index < -0.39 is 0 Å². The van der Waals surface area contributed by atoms with Crippen LogP contribution in [0.25, 0.3) is 0 Å². The molecule has 1 rings (SSSR count). The van der Waals surface area contributed by atoms with Crippen molar-refractivity contribution < 1.29 is 0 Å². The van der Waals surface area contributed by atoms with Crippen molar-refractivity contribution in [2.24, 2.45) is 11.7 Å². The second kappa shape index (κ2) is 3.94. The monoisotopic (exact) mass is 168 g/mol. The third kappa shape index (κ3) is 2.24. The molecule has 0 amide bonds. The van der Waals surface area contributed by atoms with Gasteiger partial charge in [0.1, 0.15) is 0 Å². The highest BCUT2D eigenvalue weighted by atomic mass is 15.2. The molecule has 0 aromatic heterocycles. The second-order valence-electron chi connectivity index (χ2n) is 4.08. The highest BCUT2D eigenvalue weighted by Crippen LogP contribution is 2.23. The molecule has 1 heterocycles. The molecule has 1 atom stereocenters. The summed E-state index contributed by atoms with van der Waals surface area (Å²) in [6.45, 7) is 10.4. The summed E-state index contributed by atoms with van der Waals surface area (Å²) in [6, 6.07) is 0.727. The number of hydrogen-bond donors (Lipinski definition) is 1. The Morgan fingerprint density at radius 3 is 2.83 bits per heavy atom. The number of rotatable bonds is 3. The Hall–Kier alpha value is -0.500. The van der Waals surface area contributed by atoms with Gasteiger partial charge in [0, 0.05) is 18.3 Å². The number of nitrogens with zero attached hydrogens (tertiary/aromatic N) is 1. The van der Waals surface area contributed by atoms with E-state index in [-0.39, 0.29) is 0 Å². The van der Waals surface area contributed by atoms with Gasteiger partial charge in [0.25, 0.3) is 0 Å². The predicted octanol–water partition coefficient (Wildman–Crippen LogP) is 1.58. The summed E-state index contributed by atoms with van der Waals surface area (Å²) >= 11 is 0. The Morgan fingerprint density at radius 2 is 2.33 bits per heavy atom. The average molecular weight is 168 g/mol. The van der Waals surface area contributed by atoms with Gasteiger partial charge in [0.15, 0.2) is 0 Å². The summed E-state index contributed by atoms with van der Waals surface area (Å²) in [6.07, 6.45) is 2.64. The summed E-state index contributed by atoms with van der Waals surface area (Å²) in [5, 5.41) is 0. The van der Waals surface area contributed by atoms with Crippen molar-refractivity contribution in [2.45, 2.75) is 32.7 Å². The molecule has 0 radical (unpaired) electrons. The van der Waals surface area contributed by atoms with E-state index in [1.165, 1.54) is 19.4 Å². The maximum absolute atomic E-state index is 5.60. The smallest absolute Gasteiger partial charge is 0.0376 e. The average Bonchev–Trinajstić information content (AvgIpc) is 2.33. The number of likely N-dealkylation sites (tertiary alicyclic amines) is 1. The number of nitrogens with two attached hydrogens (primary N) is 1. The van der Waals surface area contributed by atoms with Crippen LogP contribution >= 0.6 is 0 Å². The Labute approximate surface area is 75.4 Å². The van der Waals surface area contributed by atoms with Crippen LogP contribution in [0.4, 0.5) is 0 Å². The summed E-state index contributed by atoms with van der Waals surface area (Å²) in [5.74, 6) is 0.742. The normalized spacial score (nSPS) is 25.1. The first-order valence-electron chi connectivity index (χ1n) is 4.78. The molecule has 0 aromatic rings. The van der Waals surface area contributed by atoms with E-state index in [2.05, 4.69) is 25.3 Å². The molecule has 70 valence electrons. The zero-order chi connectivity index (χ0) is 9.14. The summed E-state index contributed by atoms with van der Waals surface area (Å²) < 4.78 is 0. The van der Waals surface area contributed by atoms with Crippen molar-refractivity contribution in [1.82, 2.24) is 4.90 Å². The van der Waals surface area contributed by atoms with Crippen molar-refractivity contribution in [3.8, 4) is 0 Å². The molecule has 1 aliphatic heterocycles. The predicted molar refractivity (Wildman–Crippen MR) is 52.8 cm³/mol. The Balaban J connectivity index is 2.46. The topological polar surface area (TPSA) is 29.3 Å². The van der Waals surface area contributed by atoms with Gasteiger partial charge in [-0.2, -0.15) is 0 Å². The van der Waals surface area contributed by atoms with Crippen LogP contribution in [0.2, 0.25) is 0 Å². The van der Waals surface area contributed by atoms with Gasteiger partial charge in [0.2, 0.25) is 0 Å². The fraction of sp³-hybridized carbons (Fsp3) is 0.800. The molecule has 0 bridgehead atoms. The van der Waals surface area contributed by atoms with Crippen molar-refractivity contribution >= 4 is 0 Å². The van der Waals surface area contributed by atoms with E-state index in [4.69, 9.17) is 5.73 Å². The highest BCUT2D eigenvalue weighted by molar-refractivity contribution is 4.94. The molecule has 1 aliphatic rings. The Kier molecular flexibility index (Phi) is 3.15. The third-order valence-corrected chi connectivity index (χ3v) is 2.59. The molecule has 0 spiro atoms. The summed E-state index contributed by atoms with van der Waals surface area (Å²) in [5.41, 5.74) is 6.39. The van der Waals surface area contributed by atoms with Gasteiger partial charge < -0.3 is 5.73 Å². The van der Waals surface area contributed by atoms with Crippen molar-refractivity contribution in [3.63, 3.8) is 0 Å². The lowest BCUT2D eigenvalue weighted by molar-refractivity contribution is 0.222. The second-order valence-corrected chi connectivity index (χ2v) is 4.08. The molecule has 1 saturated heterocycles. The van der Waals surface area contributed by atoms with Crippen molar-refractivity contribution in [1.29, 1.82) is 0 Å². The van der Waals surface area contributed by atoms with Gasteiger partial charge in [-0.3, -0.25) is 4.90 Å². The lowest BCUT2D eigenvalue weighted by Gasteiger charge is -2.27. The van der Waals surface area contributed by atoms with Crippen LogP contribution in [0.1, 0.15) is 26.7 Å². The maximum Gasteiger partial charge on any atom is 0.0376 e. The summed E-state index contributed by atoms with van der Waals surface area (Å²) in [7, 11) is 0. The van der Waals surface area contributed by atoms with Crippen LogP contribution in [0.3, 0.4) is 0 Å². The number of hydrogen-bond acceptors (Lipinski definition) is 2. The van der Waals surface area contributed by atoms with Crippen LogP contribution in [-0.4, -0.2) is 24.0 Å². The van der Waals surface area contributed by atoms with Crippen LogP contribution in [0.5, 0.6) is 0 Å². The fourth-order valence-electron chi connectivity index (χ4n) is 2.06. The molecule has 2 nitrogen and oxygen atoms in total.